The summed E-state index contributed by atoms with van der Waals surface area (Å²) in [5, 5.41) is 21.2. The van der Waals surface area contributed by atoms with Gasteiger partial charge in [0.25, 0.3) is 11.8 Å². The predicted octanol–water partition coefficient (Wildman–Crippen LogP) is 1.39. The Balaban J connectivity index is 0.00000245. The van der Waals surface area contributed by atoms with E-state index < -0.39 is 11.9 Å². The van der Waals surface area contributed by atoms with Crippen LogP contribution in [0, 0.1) is 0 Å². The van der Waals surface area contributed by atoms with Crippen LogP contribution in [0.25, 0.3) is 11.0 Å². The number of hydrogen-bond donors (Lipinski definition) is 2. The van der Waals surface area contributed by atoms with Gasteiger partial charge in [-0.25, -0.2) is 4.68 Å². The third kappa shape index (κ3) is 3.87. The summed E-state index contributed by atoms with van der Waals surface area (Å²) in [6.07, 6.45) is 1.55. The van der Waals surface area contributed by atoms with Gasteiger partial charge >= 0.3 is 0 Å². The maximum absolute atomic E-state index is 12.9. The van der Waals surface area contributed by atoms with Crippen molar-refractivity contribution in [2.24, 2.45) is 0 Å². The molecule has 0 bridgehead atoms. The predicted molar refractivity (Wildman–Crippen MR) is 116 cm³/mol. The van der Waals surface area contributed by atoms with Crippen LogP contribution in [0.1, 0.15) is 23.5 Å². The third-order valence-electron chi connectivity index (χ3n) is 5.06. The molecule has 0 saturated heterocycles. The smallest absolute Gasteiger partial charge is 0.274 e. The van der Waals surface area contributed by atoms with Crippen LogP contribution in [0.15, 0.2) is 48.7 Å². The van der Waals surface area contributed by atoms with Crippen molar-refractivity contribution in [2.45, 2.75) is 20.0 Å². The first-order chi connectivity index (χ1) is 15.1. The molecule has 2 amide bonds. The largest absolute Gasteiger partial charge is 0.489 e. The molecule has 11 nitrogen and oxygen atoms in total. The zero-order chi connectivity index (χ0) is 21.4. The second kappa shape index (κ2) is 8.46. The van der Waals surface area contributed by atoms with Crippen molar-refractivity contribution >= 4 is 28.5 Å². The van der Waals surface area contributed by atoms with E-state index in [2.05, 4.69) is 31.0 Å². The lowest BCUT2D eigenvalue weighted by atomic mass is 10.2. The number of aromatic amines is 1. The van der Waals surface area contributed by atoms with Gasteiger partial charge in [0.05, 0.1) is 18.4 Å². The number of likely N-dealkylation sites (N-methyl/N-ethyl adjacent to an activating group) is 1. The first-order valence-corrected chi connectivity index (χ1v) is 9.58. The van der Waals surface area contributed by atoms with Crippen molar-refractivity contribution in [3.8, 4) is 5.75 Å². The number of benzene rings is 2. The zero-order valence-electron chi connectivity index (χ0n) is 16.5. The molecule has 11 heteroatoms. The average Bonchev–Trinajstić information content (AvgIpc) is 3.42. The summed E-state index contributed by atoms with van der Waals surface area (Å²) in [5.74, 6) is -0.327. The Bertz CT molecular complexity index is 1270. The summed E-state index contributed by atoms with van der Waals surface area (Å²) in [7, 11) is 1.62. The van der Waals surface area contributed by atoms with Gasteiger partial charge in [0.15, 0.2) is 5.69 Å². The van der Waals surface area contributed by atoms with Crippen LogP contribution in [-0.4, -0.2) is 61.9 Å². The van der Waals surface area contributed by atoms with Crippen molar-refractivity contribution in [2.75, 3.05) is 18.6 Å². The molecule has 2 aromatic heterocycles. The Kier molecular flexibility index (Phi) is 5.54. The van der Waals surface area contributed by atoms with Gasteiger partial charge in [-0.15, -0.1) is 5.10 Å². The van der Waals surface area contributed by atoms with Gasteiger partial charge in [0.1, 0.15) is 29.4 Å². The van der Waals surface area contributed by atoms with Gasteiger partial charge in [-0.1, -0.05) is 43.0 Å². The number of nitrogens with one attached hydrogen (secondary N) is 2. The number of amides is 2. The number of fused-ring (bicyclic) bond motifs is 2. The van der Waals surface area contributed by atoms with Crippen LogP contribution in [0.2, 0.25) is 0 Å². The molecule has 164 valence electrons. The van der Waals surface area contributed by atoms with Gasteiger partial charge in [-0.3, -0.25) is 9.59 Å². The van der Waals surface area contributed by atoms with E-state index in [0.29, 0.717) is 29.0 Å². The van der Waals surface area contributed by atoms with Crippen molar-refractivity contribution < 1.29 is 14.3 Å². The van der Waals surface area contributed by atoms with Gasteiger partial charge in [0, 0.05) is 13.1 Å². The first kappa shape index (κ1) is 21.0. The molecule has 2 aromatic carbocycles. The third-order valence-corrected chi connectivity index (χ3v) is 5.06. The number of carbonyl (C=O) groups is 2. The van der Waals surface area contributed by atoms with E-state index in [0.717, 1.165) is 5.56 Å². The van der Waals surface area contributed by atoms with Crippen molar-refractivity contribution in [3.63, 3.8) is 0 Å². The Hall–Kier alpha value is -4.28. The molecule has 32 heavy (non-hydrogen) atoms. The van der Waals surface area contributed by atoms with Crippen molar-refractivity contribution in [1.82, 2.24) is 35.7 Å². The van der Waals surface area contributed by atoms with Gasteiger partial charge in [0.2, 0.25) is 0 Å². The number of hydrogen-bond acceptors (Lipinski definition) is 7. The van der Waals surface area contributed by atoms with E-state index in [1.807, 2.05) is 30.3 Å². The van der Waals surface area contributed by atoms with Crippen LogP contribution in [-0.2, 0) is 11.3 Å². The molecule has 0 saturated carbocycles. The molecule has 1 atom stereocenters. The number of ether oxygens (including phenoxy) is 1. The lowest BCUT2D eigenvalue weighted by Gasteiger charge is -2.19. The van der Waals surface area contributed by atoms with E-state index in [-0.39, 0.29) is 25.6 Å². The molecular weight excluding hydrogens is 412 g/mol. The Morgan fingerprint density at radius 1 is 1.22 bits per heavy atom. The molecule has 0 spiro atoms. The summed E-state index contributed by atoms with van der Waals surface area (Å²) >= 11 is 0. The fourth-order valence-corrected chi connectivity index (χ4v) is 3.42. The van der Waals surface area contributed by atoms with Crippen LogP contribution < -0.4 is 15.0 Å². The average molecular weight is 434 g/mol. The minimum absolute atomic E-state index is 0. The highest BCUT2D eigenvalue weighted by Crippen LogP contribution is 2.33. The van der Waals surface area contributed by atoms with E-state index in [1.165, 1.54) is 4.90 Å². The van der Waals surface area contributed by atoms with Crippen LogP contribution in [0.5, 0.6) is 5.75 Å². The molecule has 1 aliphatic rings. The maximum Gasteiger partial charge on any atom is 0.274 e. The Morgan fingerprint density at radius 3 is 2.75 bits per heavy atom. The number of aromatic nitrogens is 6. The molecule has 0 fully saturated rings. The molecule has 0 aliphatic carbocycles. The minimum Gasteiger partial charge on any atom is -0.489 e. The quantitative estimate of drug-likeness (QED) is 0.496. The van der Waals surface area contributed by atoms with E-state index >= 15 is 0 Å². The van der Waals surface area contributed by atoms with E-state index in [4.69, 9.17) is 4.74 Å². The lowest BCUT2D eigenvalue weighted by Crippen LogP contribution is -2.49. The highest BCUT2D eigenvalue weighted by atomic mass is 16.5. The lowest BCUT2D eigenvalue weighted by molar-refractivity contribution is -0.120. The standard InChI is InChI=1S/C20H18N8O3.CH4/c1-27-17-7-13-14(23-25-22-13)8-18(17)31-11-16(20(27)30)21-19(29)15-10-28(26-24-15)9-12-5-3-2-4-6-12;/h2-8,10,16H,9,11H2,1H3,(H,21,29)(H,22,23,25);1H4/t16-;/m0./s1. The second-order valence-corrected chi connectivity index (χ2v) is 7.15. The molecule has 4 aromatic rings. The minimum atomic E-state index is -0.883. The van der Waals surface area contributed by atoms with Gasteiger partial charge in [-0.05, 0) is 11.6 Å². The van der Waals surface area contributed by atoms with Gasteiger partial charge in [-0.2, -0.15) is 15.4 Å². The normalized spacial score (nSPS) is 15.5. The molecule has 3 heterocycles. The Morgan fingerprint density at radius 2 is 1.97 bits per heavy atom. The summed E-state index contributed by atoms with van der Waals surface area (Å²) in [6.45, 7) is 0.462. The first-order valence-electron chi connectivity index (χ1n) is 9.58. The van der Waals surface area contributed by atoms with Crippen LogP contribution in [0.3, 0.4) is 0 Å². The number of nitrogens with zero attached hydrogens (tertiary/aromatic N) is 6. The number of rotatable bonds is 4. The molecule has 0 radical (unpaired) electrons. The Labute approximate surface area is 183 Å². The number of carbonyl (C=O) groups excluding carboxylic acids is 2. The molecule has 0 unspecified atom stereocenters. The maximum atomic E-state index is 12.9. The number of anilines is 1. The molecule has 1 aliphatic heterocycles. The summed E-state index contributed by atoms with van der Waals surface area (Å²) in [5.41, 5.74) is 2.94. The van der Waals surface area contributed by atoms with Gasteiger partial charge < -0.3 is 15.0 Å². The van der Waals surface area contributed by atoms with Crippen molar-refractivity contribution in [1.29, 1.82) is 0 Å². The van der Waals surface area contributed by atoms with Crippen molar-refractivity contribution in [3.05, 3.63) is 59.9 Å². The molecule has 2 N–H and O–H groups in total. The van der Waals surface area contributed by atoms with Crippen LogP contribution >= 0.6 is 0 Å². The number of H-pyrrole nitrogens is 1. The summed E-state index contributed by atoms with van der Waals surface area (Å²) in [6, 6.07) is 12.2. The molecular formula is C21H22N8O3. The SMILES string of the molecule is C.CN1C(=O)[C@@H](NC(=O)c2cn(Cc3ccccc3)nn2)COc2cc3n[nH]nc3cc21. The zero-order valence-corrected chi connectivity index (χ0v) is 16.5. The van der Waals surface area contributed by atoms with E-state index in [9.17, 15) is 9.59 Å². The summed E-state index contributed by atoms with van der Waals surface area (Å²) in [4.78, 5) is 27.1. The fourth-order valence-electron chi connectivity index (χ4n) is 3.42. The highest BCUT2D eigenvalue weighted by Gasteiger charge is 2.32. The highest BCUT2D eigenvalue weighted by molar-refractivity contribution is 6.03. The van der Waals surface area contributed by atoms with Crippen LogP contribution in [0.4, 0.5) is 5.69 Å². The monoisotopic (exact) mass is 434 g/mol. The fraction of sp³-hybridized carbons (Fsp3) is 0.238. The second-order valence-electron chi connectivity index (χ2n) is 7.15. The van der Waals surface area contributed by atoms with E-state index in [1.54, 1.807) is 30.1 Å². The summed E-state index contributed by atoms with van der Waals surface area (Å²) < 4.78 is 7.37. The topological polar surface area (TPSA) is 131 Å². The molecule has 5 rings (SSSR count).